The Kier molecular flexibility index (Phi) is 3.93. The molecule has 3 nitrogen and oxygen atoms in total. The second-order valence-corrected chi connectivity index (χ2v) is 5.23. The van der Waals surface area contributed by atoms with Gasteiger partial charge in [0.05, 0.1) is 5.92 Å². The van der Waals surface area contributed by atoms with E-state index in [2.05, 4.69) is 6.92 Å². The van der Waals surface area contributed by atoms with E-state index in [-0.39, 0.29) is 23.5 Å². The predicted molar refractivity (Wildman–Crippen MR) is 74.8 cm³/mol. The van der Waals surface area contributed by atoms with Gasteiger partial charge in [0.1, 0.15) is 5.75 Å². The Bertz CT molecular complexity index is 504. The lowest BCUT2D eigenvalue weighted by atomic mass is 9.70. The molecule has 0 radical (unpaired) electrons. The van der Waals surface area contributed by atoms with Gasteiger partial charge in [0.15, 0.2) is 0 Å². The van der Waals surface area contributed by atoms with Crippen LogP contribution < -0.4 is 0 Å². The molecule has 2 N–H and O–H groups in total. The standard InChI is InChI=1S/C16H20O3/c1-3-11-10(2)12(16(18)19)8-9-13(11)14-6-4-5-7-15(14)17/h4-7,9-12,17H,3,8H2,1-2H3,(H,18,19). The normalized spacial score (nSPS) is 26.8. The molecule has 0 heterocycles. The monoisotopic (exact) mass is 260 g/mol. The van der Waals surface area contributed by atoms with Crippen LogP contribution in [0.2, 0.25) is 0 Å². The number of hydrogen-bond donors (Lipinski definition) is 2. The Morgan fingerprint density at radius 2 is 2.05 bits per heavy atom. The van der Waals surface area contributed by atoms with Gasteiger partial charge >= 0.3 is 5.97 Å². The van der Waals surface area contributed by atoms with Crippen LogP contribution in [0.15, 0.2) is 30.3 Å². The molecule has 0 fully saturated rings. The zero-order chi connectivity index (χ0) is 14.0. The van der Waals surface area contributed by atoms with Crippen LogP contribution in [0.5, 0.6) is 5.75 Å². The topological polar surface area (TPSA) is 57.5 Å². The number of phenols is 1. The Morgan fingerprint density at radius 3 is 2.63 bits per heavy atom. The van der Waals surface area contributed by atoms with Gasteiger partial charge in [-0.05, 0) is 36.3 Å². The summed E-state index contributed by atoms with van der Waals surface area (Å²) in [6, 6.07) is 7.28. The predicted octanol–water partition coefficient (Wildman–Crippen LogP) is 3.54. The fourth-order valence-electron chi connectivity index (χ4n) is 3.13. The van der Waals surface area contributed by atoms with E-state index in [1.165, 1.54) is 0 Å². The molecule has 1 aromatic carbocycles. The summed E-state index contributed by atoms with van der Waals surface area (Å²) in [6.07, 6.45) is 3.41. The van der Waals surface area contributed by atoms with E-state index in [4.69, 9.17) is 0 Å². The molecule has 0 aliphatic heterocycles. The zero-order valence-electron chi connectivity index (χ0n) is 11.3. The lowest BCUT2D eigenvalue weighted by Crippen LogP contribution is -2.30. The molecular weight excluding hydrogens is 240 g/mol. The first-order valence-corrected chi connectivity index (χ1v) is 6.77. The molecule has 1 aromatic rings. The minimum absolute atomic E-state index is 0.0853. The highest BCUT2D eigenvalue weighted by Crippen LogP contribution is 2.43. The molecular formula is C16H20O3. The number of carboxylic acids is 1. The van der Waals surface area contributed by atoms with Crippen molar-refractivity contribution in [3.8, 4) is 5.75 Å². The minimum Gasteiger partial charge on any atom is -0.507 e. The van der Waals surface area contributed by atoms with Crippen molar-refractivity contribution in [1.29, 1.82) is 0 Å². The van der Waals surface area contributed by atoms with E-state index < -0.39 is 5.97 Å². The average Bonchev–Trinajstić information content (AvgIpc) is 2.38. The van der Waals surface area contributed by atoms with Crippen molar-refractivity contribution in [3.05, 3.63) is 35.9 Å². The third-order valence-corrected chi connectivity index (χ3v) is 4.23. The smallest absolute Gasteiger partial charge is 0.307 e. The summed E-state index contributed by atoms with van der Waals surface area (Å²) < 4.78 is 0. The van der Waals surface area contributed by atoms with Crippen LogP contribution in [0, 0.1) is 17.8 Å². The molecule has 3 atom stereocenters. The molecule has 0 spiro atoms. The van der Waals surface area contributed by atoms with E-state index in [0.29, 0.717) is 6.42 Å². The number of allylic oxidation sites excluding steroid dienone is 2. The zero-order valence-corrected chi connectivity index (χ0v) is 11.3. The molecule has 3 heteroatoms. The van der Waals surface area contributed by atoms with Crippen molar-refractivity contribution in [2.45, 2.75) is 26.7 Å². The molecule has 0 aromatic heterocycles. The van der Waals surface area contributed by atoms with E-state index in [0.717, 1.165) is 17.6 Å². The maximum atomic E-state index is 11.3. The number of para-hydroxylation sites is 1. The van der Waals surface area contributed by atoms with Gasteiger partial charge in [0.2, 0.25) is 0 Å². The van der Waals surface area contributed by atoms with Gasteiger partial charge in [0.25, 0.3) is 0 Å². The second kappa shape index (κ2) is 5.47. The Hall–Kier alpha value is -1.77. The van der Waals surface area contributed by atoms with Crippen LogP contribution in [-0.4, -0.2) is 16.2 Å². The number of hydrogen-bond acceptors (Lipinski definition) is 2. The minimum atomic E-state index is -0.724. The van der Waals surface area contributed by atoms with Crippen LogP contribution in [-0.2, 0) is 4.79 Å². The fraction of sp³-hybridized carbons (Fsp3) is 0.438. The maximum absolute atomic E-state index is 11.3. The van der Waals surface area contributed by atoms with Gasteiger partial charge in [-0.3, -0.25) is 4.79 Å². The number of rotatable bonds is 3. The van der Waals surface area contributed by atoms with E-state index >= 15 is 0 Å². The summed E-state index contributed by atoms with van der Waals surface area (Å²) in [5.41, 5.74) is 1.93. The molecule has 0 saturated carbocycles. The van der Waals surface area contributed by atoms with E-state index in [1.807, 2.05) is 25.1 Å². The highest BCUT2D eigenvalue weighted by Gasteiger charge is 2.35. The molecule has 102 valence electrons. The van der Waals surface area contributed by atoms with Crippen LogP contribution >= 0.6 is 0 Å². The van der Waals surface area contributed by atoms with Crippen LogP contribution in [0.3, 0.4) is 0 Å². The van der Waals surface area contributed by atoms with Gasteiger partial charge in [0, 0.05) is 5.56 Å². The first-order valence-electron chi connectivity index (χ1n) is 6.77. The van der Waals surface area contributed by atoms with Gasteiger partial charge in [-0.15, -0.1) is 0 Å². The Labute approximate surface area is 113 Å². The summed E-state index contributed by atoms with van der Waals surface area (Å²) in [7, 11) is 0. The lowest BCUT2D eigenvalue weighted by molar-refractivity contribution is -0.144. The molecule has 0 amide bonds. The summed E-state index contributed by atoms with van der Waals surface area (Å²) in [5, 5.41) is 19.2. The number of benzene rings is 1. The summed E-state index contributed by atoms with van der Waals surface area (Å²) in [4.78, 5) is 11.3. The molecule has 0 bridgehead atoms. The highest BCUT2D eigenvalue weighted by atomic mass is 16.4. The number of carbonyl (C=O) groups is 1. The van der Waals surface area contributed by atoms with E-state index in [9.17, 15) is 15.0 Å². The first kappa shape index (κ1) is 13.7. The van der Waals surface area contributed by atoms with Crippen molar-refractivity contribution >= 4 is 11.5 Å². The third kappa shape index (κ3) is 2.50. The molecule has 0 saturated heterocycles. The molecule has 2 rings (SSSR count). The summed E-state index contributed by atoms with van der Waals surface area (Å²) in [5.74, 6) is -0.503. The van der Waals surface area contributed by atoms with Crippen LogP contribution in [0.25, 0.3) is 5.57 Å². The van der Waals surface area contributed by atoms with Crippen molar-refractivity contribution in [2.24, 2.45) is 17.8 Å². The quantitative estimate of drug-likeness (QED) is 0.874. The summed E-state index contributed by atoms with van der Waals surface area (Å²) >= 11 is 0. The fourth-order valence-corrected chi connectivity index (χ4v) is 3.13. The molecule has 1 aliphatic rings. The second-order valence-electron chi connectivity index (χ2n) is 5.23. The SMILES string of the molecule is CCC1C(c2ccccc2O)=CCC(C(=O)O)C1C. The van der Waals surface area contributed by atoms with Crippen LogP contribution in [0.4, 0.5) is 0 Å². The average molecular weight is 260 g/mol. The molecule has 1 aliphatic carbocycles. The highest BCUT2D eigenvalue weighted by molar-refractivity contribution is 5.77. The largest absolute Gasteiger partial charge is 0.507 e. The van der Waals surface area contributed by atoms with Crippen molar-refractivity contribution in [1.82, 2.24) is 0 Å². The Balaban J connectivity index is 2.41. The Morgan fingerprint density at radius 1 is 1.37 bits per heavy atom. The third-order valence-electron chi connectivity index (χ3n) is 4.23. The molecule has 19 heavy (non-hydrogen) atoms. The number of aromatic hydroxyl groups is 1. The number of aliphatic carboxylic acids is 1. The van der Waals surface area contributed by atoms with Crippen molar-refractivity contribution in [3.63, 3.8) is 0 Å². The van der Waals surface area contributed by atoms with Crippen LogP contribution in [0.1, 0.15) is 32.3 Å². The van der Waals surface area contributed by atoms with Crippen molar-refractivity contribution in [2.75, 3.05) is 0 Å². The van der Waals surface area contributed by atoms with Gasteiger partial charge < -0.3 is 10.2 Å². The van der Waals surface area contributed by atoms with Gasteiger partial charge in [-0.25, -0.2) is 0 Å². The number of phenolic OH excluding ortho intramolecular Hbond substituents is 1. The summed E-state index contributed by atoms with van der Waals surface area (Å²) in [6.45, 7) is 4.07. The van der Waals surface area contributed by atoms with Gasteiger partial charge in [-0.2, -0.15) is 0 Å². The lowest BCUT2D eigenvalue weighted by Gasteiger charge is -2.34. The van der Waals surface area contributed by atoms with Gasteiger partial charge in [-0.1, -0.05) is 38.1 Å². The maximum Gasteiger partial charge on any atom is 0.307 e. The van der Waals surface area contributed by atoms with E-state index in [1.54, 1.807) is 12.1 Å². The number of carboxylic acid groups (broad SMARTS) is 1. The van der Waals surface area contributed by atoms with Crippen molar-refractivity contribution < 1.29 is 15.0 Å². The molecule has 3 unspecified atom stereocenters. The first-order chi connectivity index (χ1) is 9.06.